The van der Waals surface area contributed by atoms with Gasteiger partial charge in [-0.25, -0.2) is 13.1 Å². The van der Waals surface area contributed by atoms with Crippen LogP contribution in [0.4, 0.5) is 0 Å². The molecule has 1 aromatic rings. The minimum Gasteiger partial charge on any atom is -0.495 e. The van der Waals surface area contributed by atoms with Crippen molar-refractivity contribution in [2.75, 3.05) is 7.11 Å². The number of hydrogen-bond donors (Lipinski definition) is 2. The molecule has 21 heavy (non-hydrogen) atoms. The molecule has 1 unspecified atom stereocenters. The summed E-state index contributed by atoms with van der Waals surface area (Å²) in [5.74, 6) is 0.247. The van der Waals surface area contributed by atoms with Crippen molar-refractivity contribution in [3.8, 4) is 5.75 Å². The number of halogens is 1. The monoisotopic (exact) mass is 334 g/mol. The molecule has 0 aromatic heterocycles. The standard InChI is InChI=1S/C14H23ClN2O3S/c1-4-5-6-10(2)17-21(18,19)13-8-12(15)7-11(9-16)14(13)20-3/h7-8,10,17H,4-6,9,16H2,1-3H3. The van der Waals surface area contributed by atoms with Gasteiger partial charge in [-0.3, -0.25) is 0 Å². The number of benzene rings is 1. The first kappa shape index (κ1) is 18.2. The molecule has 0 saturated heterocycles. The van der Waals surface area contributed by atoms with Crippen LogP contribution in [0.2, 0.25) is 5.02 Å². The first-order valence-electron chi connectivity index (χ1n) is 6.94. The number of rotatable bonds is 8. The Morgan fingerprint density at radius 1 is 1.43 bits per heavy atom. The van der Waals surface area contributed by atoms with Crippen molar-refractivity contribution in [1.82, 2.24) is 4.72 Å². The van der Waals surface area contributed by atoms with Gasteiger partial charge >= 0.3 is 0 Å². The maximum Gasteiger partial charge on any atom is 0.244 e. The van der Waals surface area contributed by atoms with Gasteiger partial charge in [-0.1, -0.05) is 31.4 Å². The highest BCUT2D eigenvalue weighted by Gasteiger charge is 2.24. The average molecular weight is 335 g/mol. The molecule has 0 saturated carbocycles. The van der Waals surface area contributed by atoms with E-state index in [0.717, 1.165) is 19.3 Å². The summed E-state index contributed by atoms with van der Waals surface area (Å²) < 4.78 is 32.9. The fourth-order valence-corrected chi connectivity index (χ4v) is 3.92. The molecule has 1 atom stereocenters. The van der Waals surface area contributed by atoms with Crippen molar-refractivity contribution in [2.45, 2.75) is 50.6 Å². The zero-order valence-corrected chi connectivity index (χ0v) is 14.2. The molecule has 0 spiro atoms. The van der Waals surface area contributed by atoms with Gasteiger partial charge in [0.25, 0.3) is 0 Å². The van der Waals surface area contributed by atoms with Crippen molar-refractivity contribution in [3.63, 3.8) is 0 Å². The van der Waals surface area contributed by atoms with E-state index >= 15 is 0 Å². The second-order valence-electron chi connectivity index (χ2n) is 4.96. The van der Waals surface area contributed by atoms with E-state index in [0.29, 0.717) is 10.6 Å². The highest BCUT2D eigenvalue weighted by molar-refractivity contribution is 7.89. The van der Waals surface area contributed by atoms with E-state index in [9.17, 15) is 8.42 Å². The zero-order chi connectivity index (χ0) is 16.0. The van der Waals surface area contributed by atoms with Gasteiger partial charge in [0.1, 0.15) is 10.6 Å². The Balaban J connectivity index is 3.15. The molecular weight excluding hydrogens is 312 g/mol. The lowest BCUT2D eigenvalue weighted by Crippen LogP contribution is -2.33. The van der Waals surface area contributed by atoms with Crippen molar-refractivity contribution >= 4 is 21.6 Å². The Morgan fingerprint density at radius 3 is 2.62 bits per heavy atom. The molecule has 3 N–H and O–H groups in total. The normalized spacial score (nSPS) is 13.2. The van der Waals surface area contributed by atoms with Gasteiger partial charge in [0, 0.05) is 23.2 Å². The van der Waals surface area contributed by atoms with Gasteiger partial charge in [-0.05, 0) is 25.5 Å². The molecular formula is C14H23ClN2O3S. The van der Waals surface area contributed by atoms with Crippen LogP contribution in [0.25, 0.3) is 0 Å². The lowest BCUT2D eigenvalue weighted by molar-refractivity contribution is 0.397. The predicted octanol–water partition coefficient (Wildman–Crippen LogP) is 2.66. The zero-order valence-electron chi connectivity index (χ0n) is 12.6. The summed E-state index contributed by atoms with van der Waals surface area (Å²) in [5.41, 5.74) is 6.18. The van der Waals surface area contributed by atoms with E-state index in [1.807, 2.05) is 6.92 Å². The van der Waals surface area contributed by atoms with Gasteiger partial charge < -0.3 is 10.5 Å². The van der Waals surface area contributed by atoms with Gasteiger partial charge in [0.15, 0.2) is 0 Å². The van der Waals surface area contributed by atoms with Crippen LogP contribution in [0, 0.1) is 0 Å². The molecule has 0 aliphatic carbocycles. The Kier molecular flexibility index (Phi) is 6.93. The number of nitrogens with two attached hydrogens (primary N) is 1. The molecule has 0 amide bonds. The van der Waals surface area contributed by atoms with Crippen LogP contribution in [-0.4, -0.2) is 21.6 Å². The van der Waals surface area contributed by atoms with Crippen molar-refractivity contribution in [1.29, 1.82) is 0 Å². The van der Waals surface area contributed by atoms with Crippen molar-refractivity contribution in [2.24, 2.45) is 5.73 Å². The van der Waals surface area contributed by atoms with Crippen LogP contribution >= 0.6 is 11.6 Å². The van der Waals surface area contributed by atoms with Gasteiger partial charge in [-0.15, -0.1) is 0 Å². The van der Waals surface area contributed by atoms with E-state index in [-0.39, 0.29) is 23.2 Å². The van der Waals surface area contributed by atoms with Crippen LogP contribution in [-0.2, 0) is 16.6 Å². The summed E-state index contributed by atoms with van der Waals surface area (Å²) in [7, 11) is -2.28. The summed E-state index contributed by atoms with van der Waals surface area (Å²) in [4.78, 5) is 0.0290. The highest BCUT2D eigenvalue weighted by Crippen LogP contribution is 2.31. The van der Waals surface area contributed by atoms with E-state index in [2.05, 4.69) is 11.6 Å². The number of hydrogen-bond acceptors (Lipinski definition) is 4. The van der Waals surface area contributed by atoms with Crippen LogP contribution in [0.15, 0.2) is 17.0 Å². The predicted molar refractivity (Wildman–Crippen MR) is 85.2 cm³/mol. The molecule has 0 aliphatic heterocycles. The molecule has 0 bridgehead atoms. The van der Waals surface area contributed by atoms with Crippen molar-refractivity contribution in [3.05, 3.63) is 22.7 Å². The van der Waals surface area contributed by atoms with Crippen LogP contribution in [0.1, 0.15) is 38.7 Å². The molecule has 0 aliphatic rings. The Hall–Kier alpha value is -0.820. The molecule has 1 rings (SSSR count). The fourth-order valence-electron chi connectivity index (χ4n) is 2.10. The summed E-state index contributed by atoms with van der Waals surface area (Å²) in [6.45, 7) is 4.06. The van der Waals surface area contributed by atoms with Gasteiger partial charge in [-0.2, -0.15) is 0 Å². The van der Waals surface area contributed by atoms with Crippen LogP contribution < -0.4 is 15.2 Å². The highest BCUT2D eigenvalue weighted by atomic mass is 35.5. The first-order chi connectivity index (χ1) is 9.85. The summed E-state index contributed by atoms with van der Waals surface area (Å²) in [6, 6.07) is 2.84. The molecule has 0 radical (unpaired) electrons. The third-order valence-electron chi connectivity index (χ3n) is 3.16. The van der Waals surface area contributed by atoms with E-state index in [4.69, 9.17) is 22.1 Å². The second kappa shape index (κ2) is 7.98. The number of unbranched alkanes of at least 4 members (excludes halogenated alkanes) is 1. The Labute approximate surface area is 131 Å². The molecule has 0 heterocycles. The lowest BCUT2D eigenvalue weighted by atomic mass is 10.2. The van der Waals surface area contributed by atoms with E-state index in [1.165, 1.54) is 13.2 Å². The average Bonchev–Trinajstić information content (AvgIpc) is 2.43. The first-order valence-corrected chi connectivity index (χ1v) is 8.80. The van der Waals surface area contributed by atoms with E-state index in [1.54, 1.807) is 6.07 Å². The lowest BCUT2D eigenvalue weighted by Gasteiger charge is -2.17. The van der Waals surface area contributed by atoms with Gasteiger partial charge in [0.05, 0.1) is 7.11 Å². The number of methoxy groups -OCH3 is 1. The number of ether oxygens (including phenoxy) is 1. The maximum atomic E-state index is 12.5. The molecule has 120 valence electrons. The summed E-state index contributed by atoms with van der Waals surface area (Å²) >= 11 is 5.98. The number of nitrogens with one attached hydrogen (secondary N) is 1. The summed E-state index contributed by atoms with van der Waals surface area (Å²) in [6.07, 6.45) is 2.76. The fraction of sp³-hybridized carbons (Fsp3) is 0.571. The van der Waals surface area contributed by atoms with Crippen LogP contribution in [0.3, 0.4) is 0 Å². The topological polar surface area (TPSA) is 81.4 Å². The van der Waals surface area contributed by atoms with E-state index < -0.39 is 10.0 Å². The third-order valence-corrected chi connectivity index (χ3v) is 4.97. The minimum atomic E-state index is -3.70. The molecule has 7 heteroatoms. The minimum absolute atomic E-state index is 0.0290. The van der Waals surface area contributed by atoms with Crippen LogP contribution in [0.5, 0.6) is 5.75 Å². The largest absolute Gasteiger partial charge is 0.495 e. The third kappa shape index (κ3) is 4.85. The Bertz CT molecular complexity index is 576. The summed E-state index contributed by atoms with van der Waals surface area (Å²) in [5, 5.41) is 0.317. The Morgan fingerprint density at radius 2 is 2.10 bits per heavy atom. The molecule has 1 aromatic carbocycles. The quantitative estimate of drug-likeness (QED) is 0.765. The molecule has 0 fully saturated rings. The smallest absolute Gasteiger partial charge is 0.244 e. The van der Waals surface area contributed by atoms with Gasteiger partial charge in [0.2, 0.25) is 10.0 Å². The SMILES string of the molecule is CCCCC(C)NS(=O)(=O)c1cc(Cl)cc(CN)c1OC. The number of sulfonamides is 1. The molecule has 5 nitrogen and oxygen atoms in total. The maximum absolute atomic E-state index is 12.5. The second-order valence-corrected chi connectivity index (χ2v) is 7.08. The van der Waals surface area contributed by atoms with Crippen molar-refractivity contribution < 1.29 is 13.2 Å².